The second-order valence-corrected chi connectivity index (χ2v) is 7.74. The molecule has 3 heterocycles. The van der Waals surface area contributed by atoms with E-state index in [9.17, 15) is 9.59 Å². The summed E-state index contributed by atoms with van der Waals surface area (Å²) in [6.07, 6.45) is 5.21. The number of nitrogen functional groups attached to an aromatic ring is 1. The summed E-state index contributed by atoms with van der Waals surface area (Å²) in [5, 5.41) is 18.3. The highest BCUT2D eigenvalue weighted by Crippen LogP contribution is 2.30. The van der Waals surface area contributed by atoms with E-state index in [0.717, 1.165) is 12.2 Å². The van der Waals surface area contributed by atoms with Gasteiger partial charge in [0.25, 0.3) is 0 Å². The zero-order chi connectivity index (χ0) is 18.9. The Labute approximate surface area is 159 Å². The number of nitrogens with zero attached hydrogens (tertiary/aromatic N) is 2. The molecule has 1 fully saturated rings. The first kappa shape index (κ1) is 20.1. The number of rotatable bonds is 5. The van der Waals surface area contributed by atoms with Gasteiger partial charge in [0.1, 0.15) is 0 Å². The molecule has 4 N–H and O–H groups in total. The van der Waals surface area contributed by atoms with Gasteiger partial charge < -0.3 is 15.9 Å². The molecule has 0 saturated carbocycles. The molecule has 2 aromatic heterocycles. The summed E-state index contributed by atoms with van der Waals surface area (Å²) in [5.41, 5.74) is 6.70. The second-order valence-electron chi connectivity index (χ2n) is 5.68. The lowest BCUT2D eigenvalue weighted by Gasteiger charge is -2.25. The van der Waals surface area contributed by atoms with Gasteiger partial charge in [-0.05, 0) is 38.1 Å². The summed E-state index contributed by atoms with van der Waals surface area (Å²) in [5.74, 6) is -2.51. The first-order valence-corrected chi connectivity index (χ1v) is 9.80. The Bertz CT molecular complexity index is 748. The van der Waals surface area contributed by atoms with Crippen LogP contribution in [-0.2, 0) is 16.1 Å². The second kappa shape index (κ2) is 10.0. The van der Waals surface area contributed by atoms with Crippen LogP contribution < -0.4 is 5.73 Å². The van der Waals surface area contributed by atoms with E-state index in [2.05, 4.69) is 22.0 Å². The van der Waals surface area contributed by atoms with Gasteiger partial charge in [-0.2, -0.15) is 0 Å². The van der Waals surface area contributed by atoms with Crippen molar-refractivity contribution in [3.63, 3.8) is 0 Å². The minimum atomic E-state index is -1.26. The van der Waals surface area contributed by atoms with Crippen molar-refractivity contribution < 1.29 is 19.8 Å². The van der Waals surface area contributed by atoms with E-state index >= 15 is 0 Å². The van der Waals surface area contributed by atoms with Crippen molar-refractivity contribution in [1.82, 2.24) is 9.88 Å². The SMILES string of the molecule is Nc1nc(-c2ccc(CN3CCCCC3)s2)cs1.O=C(O)/C=C/C(=O)O. The van der Waals surface area contributed by atoms with Gasteiger partial charge in [-0.3, -0.25) is 4.90 Å². The van der Waals surface area contributed by atoms with Crippen LogP contribution >= 0.6 is 22.7 Å². The fourth-order valence-electron chi connectivity index (χ4n) is 2.48. The Hall–Kier alpha value is -2.23. The number of thiophene rings is 1. The summed E-state index contributed by atoms with van der Waals surface area (Å²) in [4.78, 5) is 28.7. The monoisotopic (exact) mass is 395 g/mol. The van der Waals surface area contributed by atoms with Crippen LogP contribution in [0.15, 0.2) is 29.7 Å². The van der Waals surface area contributed by atoms with E-state index in [1.165, 1.54) is 53.4 Å². The minimum absolute atomic E-state index is 0.558. The molecule has 0 radical (unpaired) electrons. The molecule has 0 aliphatic carbocycles. The summed E-state index contributed by atoms with van der Waals surface area (Å²) in [6.45, 7) is 3.58. The highest BCUT2D eigenvalue weighted by Gasteiger charge is 2.12. The van der Waals surface area contributed by atoms with Gasteiger partial charge in [0.15, 0.2) is 5.13 Å². The predicted molar refractivity (Wildman–Crippen MR) is 103 cm³/mol. The number of anilines is 1. The van der Waals surface area contributed by atoms with E-state index in [0.29, 0.717) is 17.3 Å². The number of hydrogen-bond donors (Lipinski definition) is 3. The highest BCUT2D eigenvalue weighted by atomic mass is 32.1. The van der Waals surface area contributed by atoms with Gasteiger partial charge in [0, 0.05) is 29.0 Å². The Morgan fingerprint density at radius 1 is 1.15 bits per heavy atom. The third kappa shape index (κ3) is 6.95. The topological polar surface area (TPSA) is 117 Å². The van der Waals surface area contributed by atoms with Crippen molar-refractivity contribution in [2.24, 2.45) is 0 Å². The molecule has 1 saturated heterocycles. The maximum Gasteiger partial charge on any atom is 0.328 e. The standard InChI is InChI=1S/C13H17N3S2.C4H4O4/c14-13-15-11(9-17-13)12-5-4-10(18-12)8-16-6-2-1-3-7-16;5-3(6)1-2-4(7)8/h4-5,9H,1-3,6-8H2,(H2,14,15);1-2H,(H,5,6)(H,7,8)/b;2-1+. The van der Waals surface area contributed by atoms with Crippen molar-refractivity contribution in [3.8, 4) is 10.6 Å². The molecule has 0 amide bonds. The molecule has 26 heavy (non-hydrogen) atoms. The van der Waals surface area contributed by atoms with Crippen molar-refractivity contribution >= 4 is 39.7 Å². The molecule has 1 aliphatic rings. The number of carbonyl (C=O) groups is 2. The number of aromatic nitrogens is 1. The van der Waals surface area contributed by atoms with Crippen LogP contribution in [0.5, 0.6) is 0 Å². The molecule has 0 aromatic carbocycles. The zero-order valence-corrected chi connectivity index (χ0v) is 15.8. The van der Waals surface area contributed by atoms with E-state index in [1.54, 1.807) is 0 Å². The lowest BCUT2D eigenvalue weighted by Crippen LogP contribution is -2.28. The van der Waals surface area contributed by atoms with Crippen LogP contribution in [0.1, 0.15) is 24.1 Å². The maximum absolute atomic E-state index is 9.55. The van der Waals surface area contributed by atoms with Crippen molar-refractivity contribution in [2.75, 3.05) is 18.8 Å². The van der Waals surface area contributed by atoms with Gasteiger partial charge in [0.05, 0.1) is 10.6 Å². The molecular formula is C17H21N3O4S2. The Morgan fingerprint density at radius 2 is 1.81 bits per heavy atom. The first-order valence-electron chi connectivity index (χ1n) is 8.10. The fraction of sp³-hybridized carbons (Fsp3) is 0.353. The average Bonchev–Trinajstić information content (AvgIpc) is 3.23. The summed E-state index contributed by atoms with van der Waals surface area (Å²) in [6, 6.07) is 4.39. The molecule has 7 nitrogen and oxygen atoms in total. The number of nitrogens with two attached hydrogens (primary N) is 1. The third-order valence-corrected chi connectivity index (χ3v) is 5.40. The molecule has 0 spiro atoms. The number of aliphatic carboxylic acids is 2. The number of carboxylic acids is 2. The normalized spacial score (nSPS) is 14.8. The Kier molecular flexibility index (Phi) is 7.76. The highest BCUT2D eigenvalue weighted by molar-refractivity contribution is 7.16. The molecule has 140 valence electrons. The van der Waals surface area contributed by atoms with Crippen molar-refractivity contribution in [1.29, 1.82) is 0 Å². The Balaban J connectivity index is 0.000000260. The van der Waals surface area contributed by atoms with Crippen LogP contribution in [0.25, 0.3) is 10.6 Å². The van der Waals surface area contributed by atoms with E-state index < -0.39 is 11.9 Å². The maximum atomic E-state index is 9.55. The summed E-state index contributed by atoms with van der Waals surface area (Å²) in [7, 11) is 0. The fourth-order valence-corrected chi connectivity index (χ4v) is 4.13. The van der Waals surface area contributed by atoms with Gasteiger partial charge in [0.2, 0.25) is 0 Å². The number of hydrogen-bond acceptors (Lipinski definition) is 7. The van der Waals surface area contributed by atoms with Gasteiger partial charge in [-0.15, -0.1) is 22.7 Å². The molecule has 9 heteroatoms. The van der Waals surface area contributed by atoms with E-state index in [1.807, 2.05) is 16.7 Å². The van der Waals surface area contributed by atoms with E-state index in [4.69, 9.17) is 15.9 Å². The Morgan fingerprint density at radius 3 is 2.35 bits per heavy atom. The quantitative estimate of drug-likeness (QED) is 0.666. The van der Waals surface area contributed by atoms with Gasteiger partial charge in [-0.25, -0.2) is 14.6 Å². The van der Waals surface area contributed by atoms with Crippen LogP contribution in [0, 0.1) is 0 Å². The smallest absolute Gasteiger partial charge is 0.328 e. The molecule has 0 atom stereocenters. The predicted octanol–water partition coefficient (Wildman–Crippen LogP) is 3.15. The average molecular weight is 396 g/mol. The number of thiazole rings is 1. The molecule has 1 aliphatic heterocycles. The molecular weight excluding hydrogens is 374 g/mol. The lowest BCUT2D eigenvalue weighted by atomic mass is 10.1. The number of carboxylic acid groups (broad SMARTS) is 2. The van der Waals surface area contributed by atoms with Crippen LogP contribution in [0.4, 0.5) is 5.13 Å². The minimum Gasteiger partial charge on any atom is -0.478 e. The molecule has 0 bridgehead atoms. The number of piperidine rings is 1. The third-order valence-electron chi connectivity index (χ3n) is 3.63. The number of likely N-dealkylation sites (tertiary alicyclic amines) is 1. The van der Waals surface area contributed by atoms with Crippen LogP contribution in [0.2, 0.25) is 0 Å². The summed E-state index contributed by atoms with van der Waals surface area (Å²) >= 11 is 3.35. The first-order chi connectivity index (χ1) is 12.4. The van der Waals surface area contributed by atoms with Crippen LogP contribution in [0.3, 0.4) is 0 Å². The lowest BCUT2D eigenvalue weighted by molar-refractivity contribution is -0.134. The molecule has 3 rings (SSSR count). The summed E-state index contributed by atoms with van der Waals surface area (Å²) < 4.78 is 0. The van der Waals surface area contributed by atoms with Gasteiger partial charge >= 0.3 is 11.9 Å². The van der Waals surface area contributed by atoms with Crippen molar-refractivity contribution in [3.05, 3.63) is 34.5 Å². The largest absolute Gasteiger partial charge is 0.478 e. The van der Waals surface area contributed by atoms with Crippen molar-refractivity contribution in [2.45, 2.75) is 25.8 Å². The zero-order valence-electron chi connectivity index (χ0n) is 14.1. The van der Waals surface area contributed by atoms with E-state index in [-0.39, 0.29) is 0 Å². The molecule has 2 aromatic rings. The van der Waals surface area contributed by atoms with Gasteiger partial charge in [-0.1, -0.05) is 6.42 Å². The van der Waals surface area contributed by atoms with Crippen LogP contribution in [-0.4, -0.2) is 45.1 Å². The molecule has 0 unspecified atom stereocenters.